The molecule has 4 nitrogen and oxygen atoms in total. The fourth-order valence-electron chi connectivity index (χ4n) is 1.28. The summed E-state index contributed by atoms with van der Waals surface area (Å²) < 4.78 is 0. The number of benzene rings is 1. The summed E-state index contributed by atoms with van der Waals surface area (Å²) in [5, 5.41) is 0. The number of aldehydes is 1. The maximum absolute atomic E-state index is 10.8. The maximum Gasteiger partial charge on any atom is 0.152 e. The van der Waals surface area contributed by atoms with Gasteiger partial charge in [0.2, 0.25) is 0 Å². The summed E-state index contributed by atoms with van der Waals surface area (Å²) >= 11 is 0. The van der Waals surface area contributed by atoms with Crippen LogP contribution in [0.15, 0.2) is 48.7 Å². The number of pyridine rings is 1. The molecule has 16 heavy (non-hydrogen) atoms. The van der Waals surface area contributed by atoms with Crippen LogP contribution in [0, 0.1) is 0 Å². The van der Waals surface area contributed by atoms with Crippen molar-refractivity contribution in [3.05, 3.63) is 54.2 Å². The summed E-state index contributed by atoms with van der Waals surface area (Å²) in [5.41, 5.74) is 7.18. The molecule has 0 fully saturated rings. The van der Waals surface area contributed by atoms with E-state index in [4.69, 9.17) is 0 Å². The third kappa shape index (κ3) is 2.36. The summed E-state index contributed by atoms with van der Waals surface area (Å²) in [5.74, 6) is 0.697. The Balaban J connectivity index is 2.08. The molecule has 4 heteroatoms. The number of hydrogen-bond acceptors (Lipinski definition) is 4. The lowest BCUT2D eigenvalue weighted by atomic mass is 10.2. The zero-order valence-electron chi connectivity index (χ0n) is 8.55. The van der Waals surface area contributed by atoms with E-state index in [1.807, 2.05) is 36.4 Å². The van der Waals surface area contributed by atoms with E-state index in [9.17, 15) is 4.79 Å². The average molecular weight is 213 g/mol. The molecule has 0 saturated heterocycles. The molecule has 0 radical (unpaired) electrons. The summed E-state index contributed by atoms with van der Waals surface area (Å²) in [7, 11) is 0. The third-order valence-corrected chi connectivity index (χ3v) is 2.08. The van der Waals surface area contributed by atoms with Gasteiger partial charge in [-0.2, -0.15) is 0 Å². The Bertz CT molecular complexity index is 471. The van der Waals surface area contributed by atoms with Gasteiger partial charge >= 0.3 is 0 Å². The number of rotatable bonds is 4. The summed E-state index contributed by atoms with van der Waals surface area (Å²) in [6, 6.07) is 12.8. The van der Waals surface area contributed by atoms with Gasteiger partial charge in [-0.3, -0.25) is 15.6 Å². The van der Waals surface area contributed by atoms with E-state index in [2.05, 4.69) is 15.8 Å². The second kappa shape index (κ2) is 4.93. The van der Waals surface area contributed by atoms with E-state index in [-0.39, 0.29) is 0 Å². The second-order valence-corrected chi connectivity index (χ2v) is 3.17. The molecule has 2 aromatic rings. The highest BCUT2D eigenvalue weighted by Crippen LogP contribution is 2.12. The molecule has 2 rings (SSSR count). The smallest absolute Gasteiger partial charge is 0.152 e. The number of nitrogens with zero attached hydrogens (tertiary/aromatic N) is 1. The van der Waals surface area contributed by atoms with Crippen LogP contribution in [0.1, 0.15) is 10.4 Å². The second-order valence-electron chi connectivity index (χ2n) is 3.17. The minimum Gasteiger partial charge on any atom is -0.299 e. The van der Waals surface area contributed by atoms with Crippen LogP contribution in [-0.2, 0) is 0 Å². The predicted molar refractivity (Wildman–Crippen MR) is 63.3 cm³/mol. The summed E-state index contributed by atoms with van der Waals surface area (Å²) in [6.45, 7) is 0. The van der Waals surface area contributed by atoms with Crippen molar-refractivity contribution in [3.8, 4) is 0 Å². The molecular formula is C12H11N3O. The zero-order chi connectivity index (χ0) is 11.2. The monoisotopic (exact) mass is 213 g/mol. The SMILES string of the molecule is O=Cc1ccccc1NNc1ccccn1. The van der Waals surface area contributed by atoms with Crippen LogP contribution < -0.4 is 10.9 Å². The van der Waals surface area contributed by atoms with E-state index in [0.29, 0.717) is 11.4 Å². The average Bonchev–Trinajstić information content (AvgIpc) is 2.38. The van der Waals surface area contributed by atoms with Crippen LogP contribution >= 0.6 is 0 Å². The Morgan fingerprint density at radius 1 is 1.00 bits per heavy atom. The first-order chi connectivity index (χ1) is 7.90. The molecule has 0 unspecified atom stereocenters. The maximum atomic E-state index is 10.8. The van der Waals surface area contributed by atoms with Gasteiger partial charge < -0.3 is 0 Å². The molecule has 1 aromatic heterocycles. The van der Waals surface area contributed by atoms with Crippen LogP contribution in [-0.4, -0.2) is 11.3 Å². The minimum atomic E-state index is 0.603. The summed E-state index contributed by atoms with van der Waals surface area (Å²) in [4.78, 5) is 14.8. The molecule has 0 aliphatic carbocycles. The lowest BCUT2D eigenvalue weighted by Gasteiger charge is -2.09. The molecule has 80 valence electrons. The van der Waals surface area contributed by atoms with Gasteiger partial charge in [0.05, 0.1) is 5.69 Å². The lowest BCUT2D eigenvalue weighted by molar-refractivity contribution is 0.112. The number of anilines is 2. The van der Waals surface area contributed by atoms with Crippen LogP contribution in [0.5, 0.6) is 0 Å². The molecule has 2 N–H and O–H groups in total. The molecule has 1 heterocycles. The van der Waals surface area contributed by atoms with E-state index < -0.39 is 0 Å². The molecular weight excluding hydrogens is 202 g/mol. The number of nitrogens with one attached hydrogen (secondary N) is 2. The van der Waals surface area contributed by atoms with Crippen molar-refractivity contribution in [1.29, 1.82) is 0 Å². The van der Waals surface area contributed by atoms with Crippen molar-refractivity contribution in [1.82, 2.24) is 4.98 Å². The van der Waals surface area contributed by atoms with E-state index >= 15 is 0 Å². The van der Waals surface area contributed by atoms with Crippen molar-refractivity contribution in [3.63, 3.8) is 0 Å². The Morgan fingerprint density at radius 2 is 1.81 bits per heavy atom. The van der Waals surface area contributed by atoms with Gasteiger partial charge in [0, 0.05) is 11.8 Å². The van der Waals surface area contributed by atoms with Crippen molar-refractivity contribution in [2.45, 2.75) is 0 Å². The highest BCUT2D eigenvalue weighted by Gasteiger charge is 1.98. The minimum absolute atomic E-state index is 0.603. The molecule has 0 saturated carbocycles. The number of carbonyl (C=O) groups excluding carboxylic acids is 1. The Labute approximate surface area is 93.3 Å². The van der Waals surface area contributed by atoms with Gasteiger partial charge in [0.15, 0.2) is 6.29 Å². The van der Waals surface area contributed by atoms with Gasteiger partial charge in [-0.25, -0.2) is 4.98 Å². The number of para-hydroxylation sites is 1. The van der Waals surface area contributed by atoms with Crippen molar-refractivity contribution in [2.24, 2.45) is 0 Å². The molecule has 0 aliphatic heterocycles. The van der Waals surface area contributed by atoms with Crippen molar-refractivity contribution < 1.29 is 4.79 Å². The topological polar surface area (TPSA) is 54.0 Å². The Kier molecular flexibility index (Phi) is 3.13. The first-order valence-corrected chi connectivity index (χ1v) is 4.87. The van der Waals surface area contributed by atoms with Crippen molar-refractivity contribution >= 4 is 17.8 Å². The molecule has 0 atom stereocenters. The van der Waals surface area contributed by atoms with Crippen LogP contribution in [0.4, 0.5) is 11.5 Å². The third-order valence-electron chi connectivity index (χ3n) is 2.08. The largest absolute Gasteiger partial charge is 0.299 e. The summed E-state index contributed by atoms with van der Waals surface area (Å²) in [6.07, 6.45) is 2.50. The highest BCUT2D eigenvalue weighted by atomic mass is 16.1. The van der Waals surface area contributed by atoms with Crippen LogP contribution in [0.3, 0.4) is 0 Å². The molecule has 0 amide bonds. The molecule has 1 aromatic carbocycles. The van der Waals surface area contributed by atoms with E-state index in [1.54, 1.807) is 12.3 Å². The normalized spacial score (nSPS) is 9.50. The quantitative estimate of drug-likeness (QED) is 0.604. The zero-order valence-corrected chi connectivity index (χ0v) is 8.55. The van der Waals surface area contributed by atoms with Crippen LogP contribution in [0.25, 0.3) is 0 Å². The first kappa shape index (κ1) is 10.2. The van der Waals surface area contributed by atoms with Gasteiger partial charge in [-0.1, -0.05) is 18.2 Å². The number of hydrogen-bond donors (Lipinski definition) is 2. The van der Waals surface area contributed by atoms with Gasteiger partial charge in [-0.05, 0) is 24.3 Å². The molecule has 0 bridgehead atoms. The predicted octanol–water partition coefficient (Wildman–Crippen LogP) is 2.33. The Morgan fingerprint density at radius 3 is 2.56 bits per heavy atom. The first-order valence-electron chi connectivity index (χ1n) is 4.87. The number of aromatic nitrogens is 1. The van der Waals surface area contributed by atoms with E-state index in [1.165, 1.54) is 0 Å². The van der Waals surface area contributed by atoms with Gasteiger partial charge in [0.1, 0.15) is 5.82 Å². The number of carbonyl (C=O) groups is 1. The highest BCUT2D eigenvalue weighted by molar-refractivity contribution is 5.84. The standard InChI is InChI=1S/C12H11N3O/c16-9-10-5-1-2-6-11(10)14-15-12-7-3-4-8-13-12/h1-9,14H,(H,13,15). The van der Waals surface area contributed by atoms with Crippen LogP contribution in [0.2, 0.25) is 0 Å². The number of hydrazine groups is 1. The lowest BCUT2D eigenvalue weighted by Crippen LogP contribution is -2.11. The van der Waals surface area contributed by atoms with E-state index in [0.717, 1.165) is 12.0 Å². The van der Waals surface area contributed by atoms with Gasteiger partial charge in [0.25, 0.3) is 0 Å². The fraction of sp³-hybridized carbons (Fsp3) is 0. The van der Waals surface area contributed by atoms with Crippen molar-refractivity contribution in [2.75, 3.05) is 10.9 Å². The fourth-order valence-corrected chi connectivity index (χ4v) is 1.28. The Hall–Kier alpha value is -2.36. The molecule has 0 aliphatic rings. The molecule has 0 spiro atoms. The van der Waals surface area contributed by atoms with Gasteiger partial charge in [-0.15, -0.1) is 0 Å².